The van der Waals surface area contributed by atoms with Crippen molar-refractivity contribution in [3.63, 3.8) is 0 Å². The zero-order valence-corrected chi connectivity index (χ0v) is 24.9. The number of methoxy groups -OCH3 is 1. The molecule has 11 heteroatoms. The minimum Gasteiger partial charge on any atom is -0.497 e. The maximum atomic E-state index is 14.2. The van der Waals surface area contributed by atoms with Crippen LogP contribution in [0.4, 0.5) is 0 Å². The van der Waals surface area contributed by atoms with Gasteiger partial charge in [0.25, 0.3) is 5.56 Å². The van der Waals surface area contributed by atoms with Crippen LogP contribution in [0.1, 0.15) is 36.8 Å². The van der Waals surface area contributed by atoms with Gasteiger partial charge in [0.2, 0.25) is 11.7 Å². The van der Waals surface area contributed by atoms with Gasteiger partial charge < -0.3 is 14.8 Å². The van der Waals surface area contributed by atoms with Crippen molar-refractivity contribution >= 4 is 45.0 Å². The van der Waals surface area contributed by atoms with E-state index in [0.717, 1.165) is 20.8 Å². The number of hydrogen-bond acceptors (Lipinski definition) is 8. The molecular formula is C30H31N5O4S2. The third-order valence-electron chi connectivity index (χ3n) is 7.38. The van der Waals surface area contributed by atoms with Gasteiger partial charge in [-0.15, -0.1) is 21.5 Å². The summed E-state index contributed by atoms with van der Waals surface area (Å²) in [5.74, 6) is 1.31. The van der Waals surface area contributed by atoms with Crippen LogP contribution in [0.2, 0.25) is 0 Å². The van der Waals surface area contributed by atoms with Gasteiger partial charge in [-0.1, -0.05) is 55.9 Å². The average molecular weight is 590 g/mol. The summed E-state index contributed by atoms with van der Waals surface area (Å²) in [5.41, 5.74) is 2.58. The Morgan fingerprint density at radius 1 is 1.15 bits per heavy atom. The zero-order valence-electron chi connectivity index (χ0n) is 23.3. The Morgan fingerprint density at radius 2 is 1.90 bits per heavy atom. The van der Waals surface area contributed by atoms with Crippen LogP contribution >= 0.6 is 23.1 Å². The lowest BCUT2D eigenvalue weighted by Crippen LogP contribution is -2.30. The quantitative estimate of drug-likeness (QED) is 0.254. The molecule has 0 bridgehead atoms. The van der Waals surface area contributed by atoms with Crippen LogP contribution in [0.3, 0.4) is 0 Å². The van der Waals surface area contributed by atoms with E-state index < -0.39 is 5.25 Å². The molecule has 6 rings (SSSR count). The van der Waals surface area contributed by atoms with Gasteiger partial charge in [0.15, 0.2) is 5.16 Å². The summed E-state index contributed by atoms with van der Waals surface area (Å²) < 4.78 is 15.0. The lowest BCUT2D eigenvalue weighted by molar-refractivity contribution is -0.120. The predicted molar refractivity (Wildman–Crippen MR) is 161 cm³/mol. The summed E-state index contributed by atoms with van der Waals surface area (Å²) in [7, 11) is 1.61. The molecule has 1 aliphatic heterocycles. The highest BCUT2D eigenvalue weighted by Gasteiger charge is 2.30. The molecule has 4 heterocycles. The van der Waals surface area contributed by atoms with Crippen LogP contribution in [0.15, 0.2) is 64.5 Å². The van der Waals surface area contributed by atoms with Gasteiger partial charge in [-0.25, -0.2) is 8.97 Å². The number of aromatic nitrogens is 4. The van der Waals surface area contributed by atoms with Gasteiger partial charge in [0, 0.05) is 17.8 Å². The first-order valence-corrected chi connectivity index (χ1v) is 15.2. The molecule has 41 heavy (non-hydrogen) atoms. The SMILES string of the molecule is COc1ccc(-n2c(=O)c3c4c(sc3n3c(S[C@@H](C)C(=O)NCc5ccccc5)nnc23)CO[C@@H](C(C)C)C4)cc1. The van der Waals surface area contributed by atoms with Crippen LogP contribution < -0.4 is 15.6 Å². The topological polar surface area (TPSA) is 99.8 Å². The fraction of sp³-hybridized carbons (Fsp3) is 0.333. The van der Waals surface area contributed by atoms with Gasteiger partial charge in [-0.05, 0) is 48.2 Å². The van der Waals surface area contributed by atoms with Crippen molar-refractivity contribution in [3.05, 3.63) is 81.0 Å². The van der Waals surface area contributed by atoms with Crippen LogP contribution in [0.25, 0.3) is 21.7 Å². The number of benzene rings is 2. The fourth-order valence-electron chi connectivity index (χ4n) is 5.05. The predicted octanol–water partition coefficient (Wildman–Crippen LogP) is 5.00. The molecule has 0 saturated carbocycles. The first-order valence-electron chi connectivity index (χ1n) is 13.5. The molecule has 0 spiro atoms. The molecule has 212 valence electrons. The Kier molecular flexibility index (Phi) is 7.58. The number of thiophene rings is 1. The summed E-state index contributed by atoms with van der Waals surface area (Å²) in [6, 6.07) is 17.1. The summed E-state index contributed by atoms with van der Waals surface area (Å²) in [6.07, 6.45) is 0.701. The Labute approximate surface area is 245 Å². The number of nitrogens with zero attached hydrogens (tertiary/aromatic N) is 4. The normalized spacial score (nSPS) is 15.8. The second-order valence-electron chi connectivity index (χ2n) is 10.4. The molecule has 3 aromatic heterocycles. The fourth-order valence-corrected chi connectivity index (χ4v) is 7.22. The molecule has 0 fully saturated rings. The van der Waals surface area contributed by atoms with Crippen molar-refractivity contribution in [2.45, 2.75) is 56.9 Å². The van der Waals surface area contributed by atoms with Gasteiger partial charge in [0.05, 0.1) is 36.1 Å². The largest absolute Gasteiger partial charge is 0.497 e. The average Bonchev–Trinajstić information content (AvgIpc) is 3.58. The highest BCUT2D eigenvalue weighted by Crippen LogP contribution is 2.38. The van der Waals surface area contributed by atoms with Gasteiger partial charge >= 0.3 is 0 Å². The maximum Gasteiger partial charge on any atom is 0.268 e. The van der Waals surface area contributed by atoms with Crippen molar-refractivity contribution < 1.29 is 14.3 Å². The summed E-state index contributed by atoms with van der Waals surface area (Å²) in [4.78, 5) is 29.1. The second-order valence-corrected chi connectivity index (χ2v) is 12.8. The van der Waals surface area contributed by atoms with Crippen molar-refractivity contribution in [3.8, 4) is 11.4 Å². The van der Waals surface area contributed by atoms with Crippen molar-refractivity contribution in [2.75, 3.05) is 7.11 Å². The van der Waals surface area contributed by atoms with Crippen LogP contribution in [0.5, 0.6) is 5.75 Å². The third kappa shape index (κ3) is 5.13. The minimum atomic E-state index is -0.439. The number of hydrogen-bond donors (Lipinski definition) is 1. The standard InChI is InChI=1S/C30H31N5O4S2/c1-17(2)23-14-22-24(16-39-23)41-28-25(22)27(37)34(20-10-12-21(38-4)13-11-20)29-32-33-30(35(28)29)40-18(3)26(36)31-15-19-8-6-5-7-9-19/h5-13,17-18,23H,14-16H2,1-4H3,(H,31,36)/t18-,23+/m0/s1. The molecule has 1 aliphatic rings. The van der Waals surface area contributed by atoms with E-state index in [1.54, 1.807) is 11.7 Å². The van der Waals surface area contributed by atoms with Crippen molar-refractivity contribution in [1.29, 1.82) is 0 Å². The molecule has 2 atom stereocenters. The first-order chi connectivity index (χ1) is 19.9. The Balaban J connectivity index is 1.45. The van der Waals surface area contributed by atoms with Crippen LogP contribution in [-0.4, -0.2) is 43.5 Å². The van der Waals surface area contributed by atoms with E-state index >= 15 is 0 Å². The van der Waals surface area contributed by atoms with Gasteiger partial charge in [-0.3, -0.25) is 9.59 Å². The molecule has 9 nitrogen and oxygen atoms in total. The van der Waals surface area contributed by atoms with Gasteiger partial charge in [0.1, 0.15) is 10.6 Å². The highest BCUT2D eigenvalue weighted by atomic mass is 32.2. The molecule has 0 radical (unpaired) electrons. The number of ether oxygens (including phenoxy) is 2. The molecule has 0 unspecified atom stereocenters. The highest BCUT2D eigenvalue weighted by molar-refractivity contribution is 8.00. The van der Waals surface area contributed by atoms with Gasteiger partial charge in [-0.2, -0.15) is 0 Å². The number of nitrogens with one attached hydrogen (secondary N) is 1. The Hall–Kier alpha value is -3.67. The second kappa shape index (κ2) is 11.3. The summed E-state index contributed by atoms with van der Waals surface area (Å²) >= 11 is 2.86. The van der Waals surface area contributed by atoms with E-state index in [9.17, 15) is 9.59 Å². The summed E-state index contributed by atoms with van der Waals surface area (Å²) in [5, 5.41) is 12.7. The number of amides is 1. The number of carbonyl (C=O) groups is 1. The lowest BCUT2D eigenvalue weighted by Gasteiger charge is -2.26. The maximum absolute atomic E-state index is 14.2. The van der Waals surface area contributed by atoms with E-state index in [-0.39, 0.29) is 17.6 Å². The number of carbonyl (C=O) groups excluding carboxylic acids is 1. The molecule has 1 amide bonds. The number of fused-ring (bicyclic) bond motifs is 5. The Morgan fingerprint density at radius 3 is 2.61 bits per heavy atom. The number of thioether (sulfide) groups is 1. The zero-order chi connectivity index (χ0) is 28.7. The third-order valence-corrected chi connectivity index (χ3v) is 9.61. The minimum absolute atomic E-state index is 0.0351. The smallest absolute Gasteiger partial charge is 0.268 e. The molecule has 1 N–H and O–H groups in total. The van der Waals surface area contributed by atoms with Crippen LogP contribution in [-0.2, 0) is 29.1 Å². The van der Waals surface area contributed by atoms with Crippen LogP contribution in [0, 0.1) is 5.92 Å². The van der Waals surface area contributed by atoms with Crippen molar-refractivity contribution in [2.24, 2.45) is 5.92 Å². The number of rotatable bonds is 8. The van der Waals surface area contributed by atoms with E-state index in [0.29, 0.717) is 53.2 Å². The van der Waals surface area contributed by atoms with E-state index in [1.165, 1.54) is 23.1 Å². The van der Waals surface area contributed by atoms with Crippen molar-refractivity contribution in [1.82, 2.24) is 24.5 Å². The first kappa shape index (κ1) is 27.5. The Bertz CT molecular complexity index is 1780. The molecule has 0 aliphatic carbocycles. The summed E-state index contributed by atoms with van der Waals surface area (Å²) in [6.45, 7) is 7.03. The van der Waals surface area contributed by atoms with E-state index in [1.807, 2.05) is 65.9 Å². The molecule has 5 aromatic rings. The van der Waals surface area contributed by atoms with E-state index in [4.69, 9.17) is 9.47 Å². The lowest BCUT2D eigenvalue weighted by atomic mass is 9.96. The van der Waals surface area contributed by atoms with E-state index in [2.05, 4.69) is 29.4 Å². The monoisotopic (exact) mass is 589 g/mol. The molecule has 0 saturated heterocycles. The molecular weight excluding hydrogens is 558 g/mol. The molecule has 2 aromatic carbocycles.